The van der Waals surface area contributed by atoms with Gasteiger partial charge in [-0.3, -0.25) is 14.5 Å². The van der Waals surface area contributed by atoms with Crippen molar-refractivity contribution in [3.05, 3.63) is 0 Å². The third-order valence-electron chi connectivity index (χ3n) is 3.94. The molecule has 1 fully saturated rings. The minimum atomic E-state index is -0.862. The Balaban J connectivity index is 2.39. The Morgan fingerprint density at radius 3 is 2.65 bits per heavy atom. The van der Waals surface area contributed by atoms with Crippen LogP contribution in [0.2, 0.25) is 0 Å². The second-order valence-corrected chi connectivity index (χ2v) is 5.98. The van der Waals surface area contributed by atoms with Gasteiger partial charge >= 0.3 is 11.9 Å². The zero-order valence-corrected chi connectivity index (χ0v) is 12.5. The Labute approximate surface area is 119 Å². The number of carboxylic acid groups (broad SMARTS) is 1. The summed E-state index contributed by atoms with van der Waals surface area (Å²) >= 11 is 0. The van der Waals surface area contributed by atoms with E-state index >= 15 is 0 Å². The summed E-state index contributed by atoms with van der Waals surface area (Å²) in [5.74, 6) is -1.20. The number of carbonyl (C=O) groups excluding carboxylic acids is 1. The molecule has 116 valence electrons. The van der Waals surface area contributed by atoms with Crippen molar-refractivity contribution in [2.75, 3.05) is 19.7 Å². The van der Waals surface area contributed by atoms with Crippen molar-refractivity contribution in [1.82, 2.24) is 4.90 Å². The molecular weight excluding hydrogens is 262 g/mol. The monoisotopic (exact) mass is 287 g/mol. The molecular formula is C14H25NO5. The molecule has 0 saturated carbocycles. The molecule has 1 aliphatic rings. The SMILES string of the molecule is CCC(C)(C)C(=O)OCC(O)CN1CCCC1C(=O)O. The van der Waals surface area contributed by atoms with Crippen LogP contribution in [-0.4, -0.2) is 58.9 Å². The third-order valence-corrected chi connectivity index (χ3v) is 3.94. The van der Waals surface area contributed by atoms with Gasteiger partial charge in [0.25, 0.3) is 0 Å². The normalized spacial score (nSPS) is 21.7. The van der Waals surface area contributed by atoms with E-state index in [1.807, 2.05) is 6.92 Å². The van der Waals surface area contributed by atoms with Crippen LogP contribution in [0.15, 0.2) is 0 Å². The van der Waals surface area contributed by atoms with Crippen LogP contribution < -0.4 is 0 Å². The average molecular weight is 287 g/mol. The molecule has 0 aliphatic carbocycles. The maximum absolute atomic E-state index is 11.8. The van der Waals surface area contributed by atoms with E-state index in [9.17, 15) is 14.7 Å². The topological polar surface area (TPSA) is 87.1 Å². The number of nitrogens with zero attached hydrogens (tertiary/aromatic N) is 1. The van der Waals surface area contributed by atoms with Gasteiger partial charge in [0, 0.05) is 6.54 Å². The van der Waals surface area contributed by atoms with Crippen molar-refractivity contribution in [3.63, 3.8) is 0 Å². The van der Waals surface area contributed by atoms with Crippen molar-refractivity contribution in [2.45, 2.75) is 52.2 Å². The Morgan fingerprint density at radius 1 is 1.45 bits per heavy atom. The van der Waals surface area contributed by atoms with Gasteiger partial charge in [-0.05, 0) is 39.7 Å². The molecule has 1 saturated heterocycles. The lowest BCUT2D eigenvalue weighted by Crippen LogP contribution is -2.42. The number of carbonyl (C=O) groups is 2. The van der Waals surface area contributed by atoms with Gasteiger partial charge in [-0.2, -0.15) is 0 Å². The zero-order chi connectivity index (χ0) is 15.3. The lowest BCUT2D eigenvalue weighted by molar-refractivity contribution is -0.158. The molecule has 1 heterocycles. The molecule has 6 nitrogen and oxygen atoms in total. The van der Waals surface area contributed by atoms with Crippen molar-refractivity contribution in [2.24, 2.45) is 5.41 Å². The fourth-order valence-electron chi connectivity index (χ4n) is 2.16. The average Bonchev–Trinajstić information content (AvgIpc) is 2.84. The van der Waals surface area contributed by atoms with E-state index in [1.165, 1.54) is 0 Å². The van der Waals surface area contributed by atoms with E-state index in [0.29, 0.717) is 19.4 Å². The number of likely N-dealkylation sites (tertiary alicyclic amines) is 1. The number of β-amino-alcohol motifs (C(OH)–C–C–N with tert-alkyl or cyclic N) is 1. The summed E-state index contributed by atoms with van der Waals surface area (Å²) < 4.78 is 5.10. The van der Waals surface area contributed by atoms with E-state index in [1.54, 1.807) is 18.7 Å². The molecule has 0 aromatic carbocycles. The number of esters is 1. The molecule has 20 heavy (non-hydrogen) atoms. The highest BCUT2D eigenvalue weighted by atomic mass is 16.5. The van der Waals surface area contributed by atoms with Crippen LogP contribution in [-0.2, 0) is 14.3 Å². The highest BCUT2D eigenvalue weighted by molar-refractivity contribution is 5.75. The predicted octanol–water partition coefficient (Wildman–Crippen LogP) is 0.876. The van der Waals surface area contributed by atoms with Crippen LogP contribution in [0.1, 0.15) is 40.0 Å². The molecule has 2 N–H and O–H groups in total. The van der Waals surface area contributed by atoms with Gasteiger partial charge in [-0.25, -0.2) is 0 Å². The van der Waals surface area contributed by atoms with Gasteiger partial charge in [-0.15, -0.1) is 0 Å². The van der Waals surface area contributed by atoms with Gasteiger partial charge in [0.05, 0.1) is 5.41 Å². The van der Waals surface area contributed by atoms with Crippen molar-refractivity contribution >= 4 is 11.9 Å². The summed E-state index contributed by atoms with van der Waals surface area (Å²) in [6.45, 7) is 6.27. The number of aliphatic carboxylic acids is 1. The Bertz CT molecular complexity index is 355. The maximum Gasteiger partial charge on any atom is 0.320 e. The van der Waals surface area contributed by atoms with E-state index in [-0.39, 0.29) is 19.1 Å². The maximum atomic E-state index is 11.8. The smallest absolute Gasteiger partial charge is 0.320 e. The highest BCUT2D eigenvalue weighted by Crippen LogP contribution is 2.22. The fraction of sp³-hybridized carbons (Fsp3) is 0.857. The second-order valence-electron chi connectivity index (χ2n) is 5.98. The van der Waals surface area contributed by atoms with Crippen molar-refractivity contribution in [1.29, 1.82) is 0 Å². The van der Waals surface area contributed by atoms with Gasteiger partial charge in [0.2, 0.25) is 0 Å². The van der Waals surface area contributed by atoms with E-state index in [2.05, 4.69) is 0 Å². The fourth-order valence-corrected chi connectivity index (χ4v) is 2.16. The quantitative estimate of drug-likeness (QED) is 0.676. The Morgan fingerprint density at radius 2 is 2.10 bits per heavy atom. The van der Waals surface area contributed by atoms with Gasteiger partial charge in [0.1, 0.15) is 18.8 Å². The number of ether oxygens (including phenoxy) is 1. The van der Waals surface area contributed by atoms with Crippen LogP contribution in [0.25, 0.3) is 0 Å². The minimum Gasteiger partial charge on any atom is -0.480 e. The summed E-state index contributed by atoms with van der Waals surface area (Å²) in [5.41, 5.74) is -0.559. The van der Waals surface area contributed by atoms with Gasteiger partial charge in [-0.1, -0.05) is 6.92 Å². The lowest BCUT2D eigenvalue weighted by atomic mass is 9.91. The standard InChI is InChI=1S/C14H25NO5/c1-4-14(2,3)13(19)20-9-10(16)8-15-7-5-6-11(15)12(17)18/h10-11,16H,4-9H2,1-3H3,(H,17,18). The molecule has 1 rings (SSSR count). The Kier molecular flexibility index (Phi) is 5.95. The summed E-state index contributed by atoms with van der Waals surface area (Å²) in [4.78, 5) is 24.5. The summed E-state index contributed by atoms with van der Waals surface area (Å²) in [6.07, 6.45) is 1.22. The molecule has 1 aliphatic heterocycles. The molecule has 6 heteroatoms. The first-order chi connectivity index (χ1) is 9.27. The molecule has 0 aromatic rings. The number of hydrogen-bond acceptors (Lipinski definition) is 5. The molecule has 0 spiro atoms. The predicted molar refractivity (Wildman–Crippen MR) is 73.3 cm³/mol. The summed E-state index contributed by atoms with van der Waals surface area (Å²) in [6, 6.07) is -0.535. The highest BCUT2D eigenvalue weighted by Gasteiger charge is 2.32. The molecule has 0 aromatic heterocycles. The summed E-state index contributed by atoms with van der Waals surface area (Å²) in [5, 5.41) is 18.9. The lowest BCUT2D eigenvalue weighted by Gasteiger charge is -2.25. The molecule has 0 radical (unpaired) electrons. The van der Waals surface area contributed by atoms with E-state index < -0.39 is 23.5 Å². The first-order valence-corrected chi connectivity index (χ1v) is 7.10. The van der Waals surface area contributed by atoms with Gasteiger partial charge in [0.15, 0.2) is 0 Å². The third kappa shape index (κ3) is 4.45. The molecule has 2 atom stereocenters. The van der Waals surface area contributed by atoms with Crippen LogP contribution in [0.5, 0.6) is 0 Å². The second kappa shape index (κ2) is 7.04. The van der Waals surface area contributed by atoms with Gasteiger partial charge < -0.3 is 14.9 Å². The number of rotatable bonds is 7. The number of hydrogen-bond donors (Lipinski definition) is 2. The number of aliphatic hydroxyl groups excluding tert-OH is 1. The number of aliphatic hydroxyl groups is 1. The first-order valence-electron chi connectivity index (χ1n) is 7.10. The van der Waals surface area contributed by atoms with Crippen LogP contribution in [0.3, 0.4) is 0 Å². The largest absolute Gasteiger partial charge is 0.480 e. The van der Waals surface area contributed by atoms with Crippen LogP contribution >= 0.6 is 0 Å². The van der Waals surface area contributed by atoms with Crippen LogP contribution in [0, 0.1) is 5.41 Å². The minimum absolute atomic E-state index is 0.0922. The zero-order valence-electron chi connectivity index (χ0n) is 12.5. The Hall–Kier alpha value is -1.14. The summed E-state index contributed by atoms with van der Waals surface area (Å²) in [7, 11) is 0. The van der Waals surface area contributed by atoms with Crippen LogP contribution in [0.4, 0.5) is 0 Å². The number of carboxylic acids is 1. The van der Waals surface area contributed by atoms with Crippen molar-refractivity contribution < 1.29 is 24.5 Å². The van der Waals surface area contributed by atoms with Crippen molar-refractivity contribution in [3.8, 4) is 0 Å². The van der Waals surface area contributed by atoms with E-state index in [4.69, 9.17) is 9.84 Å². The molecule has 2 unspecified atom stereocenters. The molecule has 0 bridgehead atoms. The first kappa shape index (κ1) is 16.9. The molecule has 0 amide bonds. The van der Waals surface area contributed by atoms with E-state index in [0.717, 1.165) is 6.42 Å².